The van der Waals surface area contributed by atoms with E-state index < -0.39 is 21.5 Å². The van der Waals surface area contributed by atoms with Gasteiger partial charge in [-0.2, -0.15) is 0 Å². The molecule has 4 rings (SSSR count). The van der Waals surface area contributed by atoms with Crippen LogP contribution >= 0.6 is 0 Å². The summed E-state index contributed by atoms with van der Waals surface area (Å²) in [7, 11) is -2.15. The molecule has 2 atom stereocenters. The third kappa shape index (κ3) is 7.33. The number of anilines is 1. The highest BCUT2D eigenvalue weighted by Gasteiger charge is 2.44. The first-order chi connectivity index (χ1) is 19.7. The van der Waals surface area contributed by atoms with E-state index in [0.29, 0.717) is 34.2 Å². The number of allylic oxidation sites excluding steroid dienone is 2. The van der Waals surface area contributed by atoms with E-state index in [1.807, 2.05) is 52.0 Å². The number of sulfonamides is 1. The van der Waals surface area contributed by atoms with Crippen LogP contribution in [0.3, 0.4) is 0 Å². The molecule has 42 heavy (non-hydrogen) atoms. The molecule has 2 heterocycles. The maximum Gasteiger partial charge on any atom is 0.244 e. The predicted molar refractivity (Wildman–Crippen MR) is 166 cm³/mol. The maximum absolute atomic E-state index is 12.5. The summed E-state index contributed by atoms with van der Waals surface area (Å²) in [4.78, 5) is 17.1. The van der Waals surface area contributed by atoms with Gasteiger partial charge in [0.1, 0.15) is 5.75 Å². The van der Waals surface area contributed by atoms with Crippen molar-refractivity contribution in [2.75, 3.05) is 31.2 Å². The van der Waals surface area contributed by atoms with Gasteiger partial charge in [0.05, 0.1) is 19.1 Å². The number of amides is 1. The molecule has 1 aliphatic heterocycles. The second-order valence-electron chi connectivity index (χ2n) is 12.5. The van der Waals surface area contributed by atoms with E-state index in [0.717, 1.165) is 61.9 Å². The van der Waals surface area contributed by atoms with Gasteiger partial charge in [0.2, 0.25) is 15.9 Å². The number of ether oxygens (including phenoxy) is 2. The minimum absolute atomic E-state index is 0.138. The summed E-state index contributed by atoms with van der Waals surface area (Å²) in [6.07, 6.45) is 10.8. The monoisotopic (exact) mass is 596 g/mol. The van der Waals surface area contributed by atoms with E-state index in [9.17, 15) is 13.2 Å². The van der Waals surface area contributed by atoms with Crippen molar-refractivity contribution in [3.05, 3.63) is 70.6 Å². The van der Waals surface area contributed by atoms with E-state index in [4.69, 9.17) is 15.2 Å². The van der Waals surface area contributed by atoms with E-state index in [2.05, 4.69) is 15.0 Å². The van der Waals surface area contributed by atoms with Crippen molar-refractivity contribution in [1.82, 2.24) is 10.3 Å². The van der Waals surface area contributed by atoms with Gasteiger partial charge in [-0.15, -0.1) is 0 Å². The number of nitrogens with two attached hydrogens (primary N) is 1. The van der Waals surface area contributed by atoms with Crippen LogP contribution in [0.15, 0.2) is 53.8 Å². The molecule has 1 amide bonds. The summed E-state index contributed by atoms with van der Waals surface area (Å²) >= 11 is 0. The van der Waals surface area contributed by atoms with Crippen molar-refractivity contribution >= 4 is 21.6 Å². The van der Waals surface area contributed by atoms with Crippen molar-refractivity contribution in [3.8, 4) is 11.5 Å². The number of benzene rings is 1. The molecule has 10 heteroatoms. The summed E-state index contributed by atoms with van der Waals surface area (Å²) in [6, 6.07) is 7.54. The van der Waals surface area contributed by atoms with Gasteiger partial charge in [-0.05, 0) is 86.4 Å². The van der Waals surface area contributed by atoms with Crippen LogP contribution in [0.25, 0.3) is 0 Å². The summed E-state index contributed by atoms with van der Waals surface area (Å²) in [5.41, 5.74) is 8.14. The highest BCUT2D eigenvalue weighted by molar-refractivity contribution is 7.92. The minimum Gasteiger partial charge on any atom is -0.494 e. The number of aromatic nitrogens is 1. The van der Waals surface area contributed by atoms with Crippen LogP contribution < -0.4 is 25.2 Å². The van der Waals surface area contributed by atoms with E-state index >= 15 is 0 Å². The number of hydrogen-bond donors (Lipinski definition) is 3. The summed E-state index contributed by atoms with van der Waals surface area (Å²) in [5.74, 6) is 0.883. The molecule has 1 fully saturated rings. The average molecular weight is 597 g/mol. The Morgan fingerprint density at radius 3 is 2.62 bits per heavy atom. The lowest BCUT2D eigenvalue weighted by Gasteiger charge is -2.40. The Labute approximate surface area is 250 Å². The number of carbonyl (C=O) groups is 1. The van der Waals surface area contributed by atoms with Gasteiger partial charge in [-0.1, -0.05) is 32.9 Å². The maximum atomic E-state index is 12.5. The van der Waals surface area contributed by atoms with Crippen LogP contribution in [0.2, 0.25) is 0 Å². The molecule has 2 aliphatic rings. The molecule has 0 radical (unpaired) electrons. The van der Waals surface area contributed by atoms with Crippen molar-refractivity contribution in [2.24, 2.45) is 11.7 Å². The van der Waals surface area contributed by atoms with Gasteiger partial charge in [0.25, 0.3) is 0 Å². The summed E-state index contributed by atoms with van der Waals surface area (Å²) < 4.78 is 40.3. The number of rotatable bonds is 9. The van der Waals surface area contributed by atoms with Crippen LogP contribution in [-0.2, 0) is 32.3 Å². The van der Waals surface area contributed by atoms with Gasteiger partial charge in [0.15, 0.2) is 11.4 Å². The quantitative estimate of drug-likeness (QED) is 0.381. The van der Waals surface area contributed by atoms with Crippen LogP contribution in [0.1, 0.15) is 70.2 Å². The Balaban J connectivity index is 1.89. The van der Waals surface area contributed by atoms with Crippen molar-refractivity contribution in [1.29, 1.82) is 0 Å². The molecule has 2 aromatic rings. The van der Waals surface area contributed by atoms with Crippen molar-refractivity contribution in [2.45, 2.75) is 70.8 Å². The molecule has 0 saturated carbocycles. The van der Waals surface area contributed by atoms with Gasteiger partial charge >= 0.3 is 0 Å². The van der Waals surface area contributed by atoms with E-state index in [1.165, 1.54) is 7.11 Å². The number of nitrogens with zero attached hydrogens (tertiary/aromatic N) is 1. The summed E-state index contributed by atoms with van der Waals surface area (Å²) in [6.45, 7) is 10.1. The molecule has 4 N–H and O–H groups in total. The first kappa shape index (κ1) is 31.6. The highest BCUT2D eigenvalue weighted by Crippen LogP contribution is 2.49. The Morgan fingerprint density at radius 2 is 1.95 bits per heavy atom. The first-order valence-corrected chi connectivity index (χ1v) is 16.3. The standard InChI is InChI=1S/C32H44N4O5S/c1-21-9-10-23(30(33)37)20-32(21,41-26-12-15-35-25(19-26)16-22-8-7-13-34-14-11-22)27-17-24(31(2,3)4)18-28(29(27)40-5)36-42(6,38)39/h9-10,12,15,17-19,22,34,36H,7-8,11,13-14,16,20H2,1-6H3,(H2,33,37). The van der Waals surface area contributed by atoms with Crippen LogP contribution in [0.5, 0.6) is 11.5 Å². The second kappa shape index (κ2) is 12.5. The van der Waals surface area contributed by atoms with E-state index in [-0.39, 0.29) is 11.8 Å². The smallest absolute Gasteiger partial charge is 0.244 e. The SMILES string of the molecule is COc1c(NS(C)(=O)=O)cc(C(C)(C)C)cc1C1(Oc2ccnc(CC3CCCNCC3)c2)CC(C(N)=O)=CC=C1C. The molecule has 0 spiro atoms. The lowest BCUT2D eigenvalue weighted by Crippen LogP contribution is -2.39. The van der Waals surface area contributed by atoms with E-state index in [1.54, 1.807) is 18.3 Å². The van der Waals surface area contributed by atoms with Gasteiger partial charge in [-0.3, -0.25) is 14.5 Å². The number of hydrogen-bond acceptors (Lipinski definition) is 7. The molecule has 2 unspecified atom stereocenters. The average Bonchev–Trinajstić information content (AvgIpc) is 3.17. The molecule has 1 aromatic carbocycles. The molecule has 1 aromatic heterocycles. The molecular weight excluding hydrogens is 552 g/mol. The van der Waals surface area contributed by atoms with Crippen LogP contribution in [0, 0.1) is 5.92 Å². The van der Waals surface area contributed by atoms with Gasteiger partial charge in [-0.25, -0.2) is 8.42 Å². The number of primary amides is 1. The number of methoxy groups -OCH3 is 1. The topological polar surface area (TPSA) is 133 Å². The Morgan fingerprint density at radius 1 is 1.19 bits per heavy atom. The molecule has 1 aliphatic carbocycles. The normalized spacial score (nSPS) is 21.5. The molecule has 1 saturated heterocycles. The molecule has 0 bridgehead atoms. The fourth-order valence-electron chi connectivity index (χ4n) is 5.76. The fourth-order valence-corrected chi connectivity index (χ4v) is 6.31. The van der Waals surface area contributed by atoms with Crippen LogP contribution in [0.4, 0.5) is 5.69 Å². The molecule has 228 valence electrons. The van der Waals surface area contributed by atoms with Gasteiger partial charge in [0, 0.05) is 35.5 Å². The Hall–Kier alpha value is -3.37. The molecule has 9 nitrogen and oxygen atoms in total. The number of carbonyl (C=O) groups excluding carboxylic acids is 1. The van der Waals surface area contributed by atoms with Gasteiger partial charge < -0.3 is 20.5 Å². The predicted octanol–water partition coefficient (Wildman–Crippen LogP) is 4.73. The largest absolute Gasteiger partial charge is 0.494 e. The zero-order chi connectivity index (χ0) is 30.7. The third-order valence-electron chi connectivity index (χ3n) is 8.09. The Kier molecular flexibility index (Phi) is 9.37. The first-order valence-electron chi connectivity index (χ1n) is 14.4. The lowest BCUT2D eigenvalue weighted by atomic mass is 9.75. The number of pyridine rings is 1. The van der Waals surface area contributed by atoms with Crippen molar-refractivity contribution < 1.29 is 22.7 Å². The second-order valence-corrected chi connectivity index (χ2v) is 14.2. The lowest BCUT2D eigenvalue weighted by molar-refractivity contribution is -0.115. The highest BCUT2D eigenvalue weighted by atomic mass is 32.2. The van der Waals surface area contributed by atoms with Crippen LogP contribution in [-0.4, -0.2) is 45.8 Å². The zero-order valence-electron chi connectivity index (χ0n) is 25.5. The third-order valence-corrected chi connectivity index (χ3v) is 8.68. The number of nitrogens with one attached hydrogen (secondary N) is 2. The fraction of sp³-hybridized carbons (Fsp3) is 0.500. The molecular formula is C32H44N4O5S. The zero-order valence-corrected chi connectivity index (χ0v) is 26.4. The Bertz CT molecular complexity index is 1480. The van der Waals surface area contributed by atoms with Crippen molar-refractivity contribution in [3.63, 3.8) is 0 Å². The summed E-state index contributed by atoms with van der Waals surface area (Å²) in [5, 5.41) is 3.47. The minimum atomic E-state index is -3.64.